The summed E-state index contributed by atoms with van der Waals surface area (Å²) in [5.74, 6) is 5.27. The molecule has 8 heteroatoms. The van der Waals surface area contributed by atoms with Gasteiger partial charge in [-0.15, -0.1) is 11.3 Å². The quantitative estimate of drug-likeness (QED) is 0.374. The van der Waals surface area contributed by atoms with Gasteiger partial charge in [0.2, 0.25) is 0 Å². The van der Waals surface area contributed by atoms with E-state index in [0.29, 0.717) is 17.5 Å². The molecule has 160 valence electrons. The lowest BCUT2D eigenvalue weighted by Crippen LogP contribution is -2.55. The van der Waals surface area contributed by atoms with E-state index in [1.54, 1.807) is 11.3 Å². The van der Waals surface area contributed by atoms with Gasteiger partial charge < -0.3 is 25.2 Å². The minimum atomic E-state index is -1.45. The summed E-state index contributed by atoms with van der Waals surface area (Å²) in [6, 6.07) is 16.1. The molecule has 0 aliphatic carbocycles. The van der Waals surface area contributed by atoms with E-state index in [1.165, 1.54) is 15.0 Å². The number of ether oxygens (including phenoxy) is 1. The van der Waals surface area contributed by atoms with E-state index in [0.717, 1.165) is 5.56 Å². The Balaban J connectivity index is 1.67. The summed E-state index contributed by atoms with van der Waals surface area (Å²) in [7, 11) is 0. The number of thiophene rings is 1. The zero-order valence-electron chi connectivity index (χ0n) is 16.2. The van der Waals surface area contributed by atoms with E-state index >= 15 is 0 Å². The number of aliphatic hydroxyl groups excluding tert-OH is 4. The first-order valence-corrected chi connectivity index (χ1v) is 10.5. The van der Waals surface area contributed by atoms with Crippen LogP contribution in [0.2, 0.25) is 0 Å². The molecule has 5 atom stereocenters. The number of aliphatic hydroxyl groups is 4. The lowest BCUT2D eigenvalue weighted by atomic mass is 9.88. The largest absolute Gasteiger partial charge is 0.394 e. The van der Waals surface area contributed by atoms with Gasteiger partial charge in [-0.05, 0) is 34.2 Å². The predicted octanol–water partition coefficient (Wildman–Crippen LogP) is 1.40. The molecule has 6 N–H and O–H groups in total. The third kappa shape index (κ3) is 4.14. The lowest BCUT2D eigenvalue weighted by molar-refractivity contribution is -0.232. The van der Waals surface area contributed by atoms with Crippen LogP contribution in [-0.2, 0) is 22.6 Å². The molecule has 1 fully saturated rings. The molecule has 1 aliphatic heterocycles. The van der Waals surface area contributed by atoms with Gasteiger partial charge in [0.05, 0.1) is 13.2 Å². The smallest absolute Gasteiger partial charge is 0.113 e. The summed E-state index contributed by atoms with van der Waals surface area (Å²) >= 11 is 1.72. The van der Waals surface area contributed by atoms with Crippen molar-refractivity contribution in [1.82, 2.24) is 0 Å². The van der Waals surface area contributed by atoms with Crippen LogP contribution in [0.1, 0.15) is 27.7 Å². The molecule has 3 aromatic rings. The second kappa shape index (κ2) is 9.09. The van der Waals surface area contributed by atoms with Crippen LogP contribution >= 0.6 is 11.3 Å². The van der Waals surface area contributed by atoms with Gasteiger partial charge in [0.25, 0.3) is 0 Å². The Labute approximate surface area is 177 Å². The summed E-state index contributed by atoms with van der Waals surface area (Å²) in [5.41, 5.74) is 2.30. The van der Waals surface area contributed by atoms with Crippen LogP contribution in [0.15, 0.2) is 48.5 Å². The van der Waals surface area contributed by atoms with Crippen LogP contribution < -0.4 is 5.90 Å². The van der Waals surface area contributed by atoms with Gasteiger partial charge >= 0.3 is 0 Å². The first kappa shape index (κ1) is 21.4. The van der Waals surface area contributed by atoms with Crippen molar-refractivity contribution in [3.05, 3.63) is 70.1 Å². The fraction of sp³-hybridized carbons (Fsp3) is 0.364. The second-order valence-corrected chi connectivity index (χ2v) is 8.69. The third-order valence-electron chi connectivity index (χ3n) is 5.50. The molecule has 0 radical (unpaired) electrons. The fourth-order valence-corrected chi connectivity index (χ4v) is 5.02. The number of nitrogens with two attached hydrogens (primary N) is 1. The molecule has 1 aromatic heterocycles. The maximum Gasteiger partial charge on any atom is 0.113 e. The average molecular weight is 432 g/mol. The molecule has 1 saturated heterocycles. The van der Waals surface area contributed by atoms with Crippen LogP contribution in [0.25, 0.3) is 10.1 Å². The highest BCUT2D eigenvalue weighted by molar-refractivity contribution is 7.19. The first-order chi connectivity index (χ1) is 14.5. The standard InChI is InChI=1S/C22H25NO6S/c23-28-11-14-6-5-12(7-15-9-13-3-1-2-4-18(13)30-15)8-16(14)22-21(27)20(26)19(25)17(10-24)29-22/h1-6,8-9,17,19-22,24-27H,7,10-11,23H2/t17-,19-,20?,21-,22+/m1/s1. The first-order valence-electron chi connectivity index (χ1n) is 9.73. The van der Waals surface area contributed by atoms with Crippen LogP contribution in [-0.4, -0.2) is 51.4 Å². The van der Waals surface area contributed by atoms with E-state index in [1.807, 2.05) is 30.3 Å². The molecular formula is C22H25NO6S. The Kier molecular flexibility index (Phi) is 6.47. The summed E-state index contributed by atoms with van der Waals surface area (Å²) in [4.78, 5) is 5.99. The van der Waals surface area contributed by atoms with Crippen molar-refractivity contribution < 1.29 is 30.0 Å². The normalized spacial score (nSPS) is 26.9. The number of fused-ring (bicyclic) bond motifs is 1. The molecule has 0 bridgehead atoms. The molecule has 30 heavy (non-hydrogen) atoms. The van der Waals surface area contributed by atoms with Gasteiger partial charge in [-0.25, -0.2) is 5.90 Å². The molecule has 0 spiro atoms. The molecule has 4 rings (SSSR count). The Morgan fingerprint density at radius 1 is 1.00 bits per heavy atom. The van der Waals surface area contributed by atoms with Crippen LogP contribution in [0, 0.1) is 0 Å². The summed E-state index contributed by atoms with van der Waals surface area (Å²) in [5, 5.41) is 41.5. The second-order valence-electron chi connectivity index (χ2n) is 7.52. The van der Waals surface area contributed by atoms with Crippen molar-refractivity contribution in [2.24, 2.45) is 5.90 Å². The highest BCUT2D eigenvalue weighted by atomic mass is 32.1. The van der Waals surface area contributed by atoms with Gasteiger partial charge in [-0.1, -0.05) is 36.4 Å². The lowest BCUT2D eigenvalue weighted by Gasteiger charge is -2.40. The van der Waals surface area contributed by atoms with Gasteiger partial charge in [0.15, 0.2) is 0 Å². The molecule has 2 heterocycles. The van der Waals surface area contributed by atoms with Gasteiger partial charge in [-0.2, -0.15) is 0 Å². The van der Waals surface area contributed by atoms with E-state index < -0.39 is 37.1 Å². The predicted molar refractivity (Wildman–Crippen MR) is 113 cm³/mol. The zero-order chi connectivity index (χ0) is 21.3. The van der Waals surface area contributed by atoms with Crippen LogP contribution in [0.5, 0.6) is 0 Å². The summed E-state index contributed by atoms with van der Waals surface area (Å²) in [6.07, 6.45) is -5.44. The maximum atomic E-state index is 10.6. The average Bonchev–Trinajstić information content (AvgIpc) is 3.16. The third-order valence-corrected chi connectivity index (χ3v) is 6.62. The zero-order valence-corrected chi connectivity index (χ0v) is 17.0. The summed E-state index contributed by atoms with van der Waals surface area (Å²) in [6.45, 7) is -0.390. The van der Waals surface area contributed by atoms with Crippen molar-refractivity contribution >= 4 is 21.4 Å². The monoisotopic (exact) mass is 431 g/mol. The maximum absolute atomic E-state index is 10.6. The minimum Gasteiger partial charge on any atom is -0.394 e. The van der Waals surface area contributed by atoms with E-state index in [2.05, 4.69) is 18.2 Å². The number of benzene rings is 2. The van der Waals surface area contributed by atoms with Crippen LogP contribution in [0.4, 0.5) is 0 Å². The molecule has 7 nitrogen and oxygen atoms in total. The molecule has 0 amide bonds. The molecule has 1 unspecified atom stereocenters. The number of hydrogen-bond acceptors (Lipinski definition) is 8. The fourth-order valence-electron chi connectivity index (χ4n) is 3.92. The van der Waals surface area contributed by atoms with E-state index in [9.17, 15) is 20.4 Å². The van der Waals surface area contributed by atoms with Gasteiger partial charge in [0, 0.05) is 16.0 Å². The minimum absolute atomic E-state index is 0.0908. The van der Waals surface area contributed by atoms with Crippen LogP contribution in [0.3, 0.4) is 0 Å². The molecule has 1 aliphatic rings. The van der Waals surface area contributed by atoms with Crippen molar-refractivity contribution in [2.45, 2.75) is 43.5 Å². The van der Waals surface area contributed by atoms with E-state index in [-0.39, 0.29) is 6.61 Å². The van der Waals surface area contributed by atoms with Crippen molar-refractivity contribution in [3.8, 4) is 0 Å². The Morgan fingerprint density at radius 3 is 2.53 bits per heavy atom. The highest BCUT2D eigenvalue weighted by Gasteiger charge is 2.44. The molecular weight excluding hydrogens is 406 g/mol. The Bertz CT molecular complexity index is 973. The SMILES string of the molecule is NOCc1ccc(Cc2cc3ccccc3s2)cc1[C@@H]1O[C@H](CO)[C@@H](O)C(O)[C@H]1O. The van der Waals surface area contributed by atoms with Crippen molar-refractivity contribution in [2.75, 3.05) is 6.61 Å². The Morgan fingerprint density at radius 2 is 1.80 bits per heavy atom. The number of rotatable bonds is 6. The van der Waals surface area contributed by atoms with E-state index in [4.69, 9.17) is 15.5 Å². The molecule has 0 saturated carbocycles. The highest BCUT2D eigenvalue weighted by Crippen LogP contribution is 2.35. The Hall–Kier alpha value is -1.88. The number of hydrogen-bond donors (Lipinski definition) is 5. The van der Waals surface area contributed by atoms with Crippen molar-refractivity contribution in [1.29, 1.82) is 0 Å². The van der Waals surface area contributed by atoms with Crippen molar-refractivity contribution in [3.63, 3.8) is 0 Å². The van der Waals surface area contributed by atoms with Gasteiger partial charge in [-0.3, -0.25) is 4.84 Å². The summed E-state index contributed by atoms with van der Waals surface area (Å²) < 4.78 is 6.97. The topological polar surface area (TPSA) is 125 Å². The molecule has 2 aromatic carbocycles. The van der Waals surface area contributed by atoms with Gasteiger partial charge in [0.1, 0.15) is 30.5 Å².